The molecule has 0 N–H and O–H groups in total. The van der Waals surface area contributed by atoms with Gasteiger partial charge in [0.1, 0.15) is 0 Å². The van der Waals surface area contributed by atoms with Gasteiger partial charge in [0.15, 0.2) is 0 Å². The third-order valence-electron chi connectivity index (χ3n) is 14.2. The summed E-state index contributed by atoms with van der Waals surface area (Å²) in [7, 11) is 0. The zero-order valence-corrected chi connectivity index (χ0v) is 42.8. The van der Waals surface area contributed by atoms with Crippen molar-refractivity contribution in [3.8, 4) is 0 Å². The van der Waals surface area contributed by atoms with Crippen molar-refractivity contribution in [3.63, 3.8) is 0 Å². The fourth-order valence-electron chi connectivity index (χ4n) is 7.95. The Kier molecular flexibility index (Phi) is 24.6. The van der Waals surface area contributed by atoms with E-state index in [1.54, 1.807) is 0 Å². The number of thioether (sulfide) groups is 1. The fourth-order valence-corrected chi connectivity index (χ4v) is 9.06. The van der Waals surface area contributed by atoms with Gasteiger partial charge in [-0.05, 0) is 144 Å². The van der Waals surface area contributed by atoms with Gasteiger partial charge < -0.3 is 4.74 Å². The van der Waals surface area contributed by atoms with Crippen molar-refractivity contribution in [1.29, 1.82) is 0 Å². The van der Waals surface area contributed by atoms with Crippen molar-refractivity contribution < 1.29 is 13.5 Å². The van der Waals surface area contributed by atoms with E-state index in [1.807, 2.05) is 0 Å². The molecule has 1 nitrogen and oxygen atoms in total. The third-order valence-corrected chi connectivity index (χ3v) is 15.2. The Labute approximate surface area is 357 Å². The molecule has 2 saturated heterocycles. The molecule has 0 radical (unpaired) electrons. The topological polar surface area (TPSA) is 9.23 Å². The summed E-state index contributed by atoms with van der Waals surface area (Å²) < 4.78 is 30.8. The van der Waals surface area contributed by atoms with Crippen LogP contribution in [0.15, 0.2) is 0 Å². The highest BCUT2D eigenvalue weighted by Gasteiger charge is 2.38. The molecule has 0 atom stereocenters. The first-order valence-electron chi connectivity index (χ1n) is 23.7. The SMILES string of the molecule is CC(C)(C)C1CC1.CC(C)(C)C1CCC(F)(F)CC1.CC(C)(C)C1CCCCC1.CC(C)(C)C1CCOCC1.CC(C)(C)C1CCSCC1.CC(C)C(C)(C)C. The van der Waals surface area contributed by atoms with Crippen molar-refractivity contribution in [3.05, 3.63) is 0 Å². The smallest absolute Gasteiger partial charge is 0.248 e. The lowest BCUT2D eigenvalue weighted by Gasteiger charge is -2.36. The van der Waals surface area contributed by atoms with Crippen LogP contribution in [0.2, 0.25) is 0 Å². The second kappa shape index (κ2) is 24.6. The van der Waals surface area contributed by atoms with Crippen molar-refractivity contribution in [2.24, 2.45) is 68.0 Å². The van der Waals surface area contributed by atoms with E-state index in [-0.39, 0.29) is 18.3 Å². The van der Waals surface area contributed by atoms with Crippen LogP contribution in [0, 0.1) is 68.0 Å². The van der Waals surface area contributed by atoms with E-state index >= 15 is 0 Å². The lowest BCUT2D eigenvalue weighted by molar-refractivity contribution is -0.0583. The van der Waals surface area contributed by atoms with E-state index in [0.29, 0.717) is 45.8 Å². The van der Waals surface area contributed by atoms with Gasteiger partial charge in [-0.1, -0.05) is 158 Å². The quantitative estimate of drug-likeness (QED) is 0.241. The van der Waals surface area contributed by atoms with Gasteiger partial charge in [-0.3, -0.25) is 0 Å². The molecule has 5 fully saturated rings. The number of rotatable bonds is 0. The van der Waals surface area contributed by atoms with Crippen LogP contribution < -0.4 is 0 Å². The largest absolute Gasteiger partial charge is 0.381 e. The van der Waals surface area contributed by atoms with E-state index in [4.69, 9.17) is 4.74 Å². The Morgan fingerprint density at radius 2 is 0.714 bits per heavy atom. The molecule has 338 valence electrons. The fraction of sp³-hybridized carbons (Fsp3) is 1.00. The molecule has 0 aromatic carbocycles. The third kappa shape index (κ3) is 27.1. The predicted molar refractivity (Wildman–Crippen MR) is 251 cm³/mol. The maximum atomic E-state index is 12.8. The molecule has 2 aliphatic heterocycles. The number of hydrogen-bond donors (Lipinski definition) is 0. The van der Waals surface area contributed by atoms with E-state index in [1.165, 1.54) is 82.1 Å². The zero-order valence-electron chi connectivity index (χ0n) is 42.0. The highest BCUT2D eigenvalue weighted by Crippen LogP contribution is 2.45. The summed E-state index contributed by atoms with van der Waals surface area (Å²) in [5.41, 5.74) is 2.93. The number of alkyl halides is 2. The van der Waals surface area contributed by atoms with Gasteiger partial charge in [0.05, 0.1) is 0 Å². The first-order valence-corrected chi connectivity index (χ1v) is 24.9. The van der Waals surface area contributed by atoms with Gasteiger partial charge >= 0.3 is 0 Å². The summed E-state index contributed by atoms with van der Waals surface area (Å²) in [5.74, 6) is 5.60. The van der Waals surface area contributed by atoms with Crippen LogP contribution in [-0.4, -0.2) is 30.6 Å². The Bertz CT molecular complexity index is 880. The molecule has 2 heterocycles. The van der Waals surface area contributed by atoms with Crippen LogP contribution >= 0.6 is 11.8 Å². The van der Waals surface area contributed by atoms with Gasteiger partial charge in [0, 0.05) is 26.1 Å². The van der Waals surface area contributed by atoms with Crippen LogP contribution in [-0.2, 0) is 4.74 Å². The minimum Gasteiger partial charge on any atom is -0.381 e. The molecule has 56 heavy (non-hydrogen) atoms. The second-order valence-electron chi connectivity index (χ2n) is 25.4. The lowest BCUT2D eigenvalue weighted by atomic mass is 9.71. The average Bonchev–Trinajstić information content (AvgIpc) is 3.92. The Hall–Kier alpha value is 0.170. The van der Waals surface area contributed by atoms with Crippen LogP contribution in [0.3, 0.4) is 0 Å². The number of ether oxygens (including phenoxy) is 1. The Balaban J connectivity index is 0.000000655. The van der Waals surface area contributed by atoms with Crippen molar-refractivity contribution >= 4 is 11.8 Å². The maximum absolute atomic E-state index is 12.8. The van der Waals surface area contributed by atoms with Gasteiger partial charge in [-0.15, -0.1) is 0 Å². The summed E-state index contributed by atoms with van der Waals surface area (Å²) in [6.45, 7) is 47.8. The first-order chi connectivity index (χ1) is 25.2. The van der Waals surface area contributed by atoms with Gasteiger partial charge in [0.25, 0.3) is 0 Å². The zero-order chi connectivity index (χ0) is 43.8. The molecule has 3 saturated carbocycles. The van der Waals surface area contributed by atoms with Crippen LogP contribution in [0.4, 0.5) is 8.78 Å². The van der Waals surface area contributed by atoms with E-state index < -0.39 is 5.92 Å². The van der Waals surface area contributed by atoms with E-state index in [0.717, 1.165) is 42.8 Å². The highest BCUT2D eigenvalue weighted by molar-refractivity contribution is 7.99. The molecular formula is C52H104F2OS. The monoisotopic (exact) mass is 815 g/mol. The minimum absolute atomic E-state index is 0.0922. The summed E-state index contributed by atoms with van der Waals surface area (Å²) in [6.07, 6.45) is 17.3. The summed E-state index contributed by atoms with van der Waals surface area (Å²) in [5, 5.41) is 0. The van der Waals surface area contributed by atoms with E-state index in [2.05, 4.69) is 150 Å². The van der Waals surface area contributed by atoms with Crippen molar-refractivity contribution in [2.45, 2.75) is 241 Å². The molecule has 0 aromatic rings. The summed E-state index contributed by atoms with van der Waals surface area (Å²) in [4.78, 5) is 0. The molecule has 5 rings (SSSR count). The van der Waals surface area contributed by atoms with Crippen LogP contribution in [0.25, 0.3) is 0 Å². The van der Waals surface area contributed by atoms with Crippen molar-refractivity contribution in [2.75, 3.05) is 24.7 Å². The van der Waals surface area contributed by atoms with E-state index in [9.17, 15) is 8.78 Å². The maximum Gasteiger partial charge on any atom is 0.248 e. The lowest BCUT2D eigenvalue weighted by Crippen LogP contribution is -2.31. The van der Waals surface area contributed by atoms with Gasteiger partial charge in [-0.25, -0.2) is 8.78 Å². The van der Waals surface area contributed by atoms with Crippen LogP contribution in [0.5, 0.6) is 0 Å². The summed E-state index contributed by atoms with van der Waals surface area (Å²) >= 11 is 2.11. The van der Waals surface area contributed by atoms with Crippen LogP contribution in [0.1, 0.15) is 235 Å². The summed E-state index contributed by atoms with van der Waals surface area (Å²) in [6, 6.07) is 0. The normalized spacial score (nSPS) is 22.3. The first kappa shape index (κ1) is 56.2. The number of hydrogen-bond acceptors (Lipinski definition) is 2. The molecule has 3 aliphatic carbocycles. The molecule has 4 heteroatoms. The predicted octanol–water partition coefficient (Wildman–Crippen LogP) is 18.2. The molecule has 0 amide bonds. The molecule has 5 aliphatic rings. The Morgan fingerprint density at radius 1 is 0.429 bits per heavy atom. The average molecular weight is 815 g/mol. The molecular weight excluding hydrogens is 711 g/mol. The number of halogens is 2. The molecule has 0 aromatic heterocycles. The highest BCUT2D eigenvalue weighted by atomic mass is 32.2. The van der Waals surface area contributed by atoms with Gasteiger partial charge in [0.2, 0.25) is 5.92 Å². The minimum atomic E-state index is -2.37. The Morgan fingerprint density at radius 3 is 0.946 bits per heavy atom. The standard InChI is InChI=1S/C10H18F2.C10H20.C9H18O.C9H18S.C7H14.C7H16/c1-9(2,3)8-4-6-10(11,12)7-5-8;1-10(2,3)9-7-5-4-6-8-9;2*1-9(2,3)8-4-6-10-7-5-8;1-7(2,3)6-4-5-6;1-6(2)7(3,4)5/h8H,4-7H2,1-3H3;9H,4-8H2,1-3H3;2*8H,4-7H2,1-3H3;6H,4-5H2,1-3H3;6H,1-5H3. The molecule has 0 spiro atoms. The molecule has 0 bridgehead atoms. The van der Waals surface area contributed by atoms with Gasteiger partial charge in [-0.2, -0.15) is 11.8 Å². The van der Waals surface area contributed by atoms with Crippen molar-refractivity contribution in [1.82, 2.24) is 0 Å². The molecule has 0 unspecified atom stereocenters. The second-order valence-corrected chi connectivity index (χ2v) is 26.6.